The molecule has 1 aromatic rings. The van der Waals surface area contributed by atoms with Gasteiger partial charge in [0.2, 0.25) is 5.91 Å². The fourth-order valence-corrected chi connectivity index (χ4v) is 3.63. The molecule has 1 saturated heterocycles. The number of aromatic nitrogens is 2. The van der Waals surface area contributed by atoms with Gasteiger partial charge in [-0.15, -0.1) is 0 Å². The first kappa shape index (κ1) is 18.8. The van der Waals surface area contributed by atoms with Gasteiger partial charge in [0.05, 0.1) is 18.7 Å². The highest BCUT2D eigenvalue weighted by Crippen LogP contribution is 2.29. The lowest BCUT2D eigenvalue weighted by Crippen LogP contribution is -2.47. The summed E-state index contributed by atoms with van der Waals surface area (Å²) in [6, 6.07) is 0.286. The first-order valence-electron chi connectivity index (χ1n) is 9.57. The van der Waals surface area contributed by atoms with Crippen molar-refractivity contribution in [3.05, 3.63) is 11.9 Å². The highest BCUT2D eigenvalue weighted by Gasteiger charge is 2.32. The van der Waals surface area contributed by atoms with Crippen molar-refractivity contribution in [1.82, 2.24) is 20.2 Å². The lowest BCUT2D eigenvalue weighted by molar-refractivity contribution is -0.133. The summed E-state index contributed by atoms with van der Waals surface area (Å²) in [7, 11) is 1.93. The molecule has 0 unspecified atom stereocenters. The lowest BCUT2D eigenvalue weighted by Gasteiger charge is -2.34. The number of rotatable bonds is 7. The number of ether oxygens (including phenoxy) is 1. The standard InChI is InChI=1S/C18H30N6O2/c1-3-26-10-4-7-20-17-15-11-24(14-5-8-19-9-6-14)16(25)12-23(2)18(15)22-13-21-17/h13-14,19H,3-12H2,1-2H3,(H,20,21,22). The van der Waals surface area contributed by atoms with Gasteiger partial charge in [0.25, 0.3) is 0 Å². The van der Waals surface area contributed by atoms with Crippen molar-refractivity contribution in [2.45, 2.75) is 38.8 Å². The fourth-order valence-electron chi connectivity index (χ4n) is 3.63. The molecule has 0 spiro atoms. The smallest absolute Gasteiger partial charge is 0.242 e. The Morgan fingerprint density at radius 2 is 2.12 bits per heavy atom. The van der Waals surface area contributed by atoms with Gasteiger partial charge in [0, 0.05) is 32.8 Å². The van der Waals surface area contributed by atoms with E-state index >= 15 is 0 Å². The summed E-state index contributed by atoms with van der Waals surface area (Å²) in [6.45, 7) is 7.11. The molecule has 0 saturated carbocycles. The van der Waals surface area contributed by atoms with E-state index < -0.39 is 0 Å². The second-order valence-electron chi connectivity index (χ2n) is 6.86. The number of anilines is 2. The van der Waals surface area contributed by atoms with Gasteiger partial charge in [-0.3, -0.25) is 4.79 Å². The number of hydrogen-bond acceptors (Lipinski definition) is 7. The van der Waals surface area contributed by atoms with E-state index in [9.17, 15) is 4.79 Å². The van der Waals surface area contributed by atoms with E-state index in [1.165, 1.54) is 0 Å². The quantitative estimate of drug-likeness (QED) is 0.696. The van der Waals surface area contributed by atoms with Crippen LogP contribution in [0.2, 0.25) is 0 Å². The number of piperidine rings is 1. The monoisotopic (exact) mass is 362 g/mol. The maximum absolute atomic E-state index is 12.8. The van der Waals surface area contributed by atoms with E-state index in [1.54, 1.807) is 6.33 Å². The summed E-state index contributed by atoms with van der Waals surface area (Å²) in [5.74, 6) is 1.84. The average Bonchev–Trinajstić information content (AvgIpc) is 2.79. The second kappa shape index (κ2) is 9.14. The van der Waals surface area contributed by atoms with Gasteiger partial charge in [-0.05, 0) is 39.3 Å². The summed E-state index contributed by atoms with van der Waals surface area (Å²) in [5.41, 5.74) is 1.01. The number of carbonyl (C=O) groups is 1. The first-order chi connectivity index (χ1) is 12.7. The Labute approximate surface area is 155 Å². The number of likely N-dealkylation sites (N-methyl/N-ethyl adjacent to an activating group) is 1. The van der Waals surface area contributed by atoms with Crippen LogP contribution in [0.4, 0.5) is 11.6 Å². The number of nitrogens with one attached hydrogen (secondary N) is 2. The third kappa shape index (κ3) is 4.42. The minimum Gasteiger partial charge on any atom is -0.382 e. The molecule has 2 aliphatic heterocycles. The highest BCUT2D eigenvalue weighted by atomic mass is 16.5. The predicted molar refractivity (Wildman–Crippen MR) is 101 cm³/mol. The summed E-state index contributed by atoms with van der Waals surface area (Å²) in [6.07, 6.45) is 4.48. The molecule has 0 aromatic carbocycles. The minimum absolute atomic E-state index is 0.166. The Morgan fingerprint density at radius 3 is 2.88 bits per heavy atom. The molecule has 2 N–H and O–H groups in total. The Balaban J connectivity index is 1.77. The van der Waals surface area contributed by atoms with Crippen molar-refractivity contribution >= 4 is 17.5 Å². The van der Waals surface area contributed by atoms with Crippen molar-refractivity contribution in [2.24, 2.45) is 0 Å². The van der Waals surface area contributed by atoms with Crippen LogP contribution in [-0.2, 0) is 16.1 Å². The maximum Gasteiger partial charge on any atom is 0.242 e. The fraction of sp³-hybridized carbons (Fsp3) is 0.722. The Bertz CT molecular complexity index is 605. The van der Waals surface area contributed by atoms with E-state index in [1.807, 2.05) is 23.8 Å². The van der Waals surface area contributed by atoms with Gasteiger partial charge in [0.1, 0.15) is 18.0 Å². The summed E-state index contributed by atoms with van der Waals surface area (Å²) in [4.78, 5) is 25.7. The zero-order valence-electron chi connectivity index (χ0n) is 15.8. The largest absolute Gasteiger partial charge is 0.382 e. The van der Waals surface area contributed by atoms with Crippen LogP contribution in [-0.4, -0.2) is 73.3 Å². The van der Waals surface area contributed by atoms with E-state index in [0.29, 0.717) is 13.1 Å². The second-order valence-corrected chi connectivity index (χ2v) is 6.86. The molecule has 1 fully saturated rings. The van der Waals surface area contributed by atoms with E-state index in [4.69, 9.17) is 4.74 Å². The van der Waals surface area contributed by atoms with Crippen LogP contribution in [0, 0.1) is 0 Å². The lowest BCUT2D eigenvalue weighted by atomic mass is 10.0. The van der Waals surface area contributed by atoms with Crippen molar-refractivity contribution in [3.8, 4) is 0 Å². The van der Waals surface area contributed by atoms with Crippen LogP contribution in [0.25, 0.3) is 0 Å². The Morgan fingerprint density at radius 1 is 1.31 bits per heavy atom. The molecular formula is C18H30N6O2. The van der Waals surface area contributed by atoms with Gasteiger partial charge in [-0.2, -0.15) is 0 Å². The van der Waals surface area contributed by atoms with Gasteiger partial charge < -0.3 is 25.2 Å². The van der Waals surface area contributed by atoms with Gasteiger partial charge in [0.15, 0.2) is 0 Å². The summed E-state index contributed by atoms with van der Waals surface area (Å²) in [5, 5.41) is 6.78. The summed E-state index contributed by atoms with van der Waals surface area (Å²) >= 11 is 0. The van der Waals surface area contributed by atoms with Crippen LogP contribution < -0.4 is 15.5 Å². The molecule has 144 valence electrons. The Kier molecular flexibility index (Phi) is 6.62. The minimum atomic E-state index is 0.166. The number of hydrogen-bond donors (Lipinski definition) is 2. The Hall–Kier alpha value is -1.93. The van der Waals surface area contributed by atoms with Crippen LogP contribution >= 0.6 is 0 Å². The molecule has 3 rings (SSSR count). The average molecular weight is 362 g/mol. The molecule has 2 aliphatic rings. The van der Waals surface area contributed by atoms with Crippen molar-refractivity contribution in [1.29, 1.82) is 0 Å². The molecule has 0 radical (unpaired) electrons. The van der Waals surface area contributed by atoms with Crippen molar-refractivity contribution in [2.75, 3.05) is 56.7 Å². The molecule has 0 atom stereocenters. The van der Waals surface area contributed by atoms with Crippen LogP contribution in [0.1, 0.15) is 31.7 Å². The zero-order chi connectivity index (χ0) is 18.4. The molecule has 0 bridgehead atoms. The first-order valence-corrected chi connectivity index (χ1v) is 9.57. The number of carbonyl (C=O) groups excluding carboxylic acids is 1. The van der Waals surface area contributed by atoms with Gasteiger partial charge in [-0.25, -0.2) is 9.97 Å². The van der Waals surface area contributed by atoms with Crippen LogP contribution in [0.15, 0.2) is 6.33 Å². The molecule has 8 heteroatoms. The van der Waals surface area contributed by atoms with E-state index in [2.05, 4.69) is 20.6 Å². The van der Waals surface area contributed by atoms with Crippen molar-refractivity contribution < 1.29 is 9.53 Å². The molecular weight excluding hydrogens is 332 g/mol. The SMILES string of the molecule is CCOCCCNc1ncnc2c1CN(C1CCNCC1)C(=O)CN2C. The van der Waals surface area contributed by atoms with Crippen LogP contribution in [0.3, 0.4) is 0 Å². The number of amides is 1. The van der Waals surface area contributed by atoms with Crippen molar-refractivity contribution in [3.63, 3.8) is 0 Å². The van der Waals surface area contributed by atoms with Gasteiger partial charge in [-0.1, -0.05) is 0 Å². The molecule has 3 heterocycles. The normalized spacial score (nSPS) is 18.6. The zero-order valence-corrected chi connectivity index (χ0v) is 15.8. The molecule has 1 amide bonds. The topological polar surface area (TPSA) is 82.6 Å². The number of nitrogens with zero attached hydrogens (tertiary/aromatic N) is 4. The third-order valence-electron chi connectivity index (χ3n) is 5.02. The van der Waals surface area contributed by atoms with Crippen LogP contribution in [0.5, 0.6) is 0 Å². The molecule has 0 aliphatic carbocycles. The van der Waals surface area contributed by atoms with E-state index in [0.717, 1.165) is 69.3 Å². The summed E-state index contributed by atoms with van der Waals surface area (Å²) < 4.78 is 5.39. The maximum atomic E-state index is 12.8. The highest BCUT2D eigenvalue weighted by molar-refractivity contribution is 5.83. The van der Waals surface area contributed by atoms with E-state index in [-0.39, 0.29) is 11.9 Å². The predicted octanol–water partition coefficient (Wildman–Crippen LogP) is 0.846. The van der Waals surface area contributed by atoms with Gasteiger partial charge >= 0.3 is 0 Å². The molecule has 1 aromatic heterocycles. The molecule has 8 nitrogen and oxygen atoms in total. The number of fused-ring (bicyclic) bond motifs is 1. The third-order valence-corrected chi connectivity index (χ3v) is 5.02. The molecule has 26 heavy (non-hydrogen) atoms.